The molecule has 2 N–H and O–H groups in total. The lowest BCUT2D eigenvalue weighted by Crippen LogP contribution is -2.42. The summed E-state index contributed by atoms with van der Waals surface area (Å²) >= 11 is 0. The predicted molar refractivity (Wildman–Crippen MR) is 78.9 cm³/mol. The number of carbonyl (C=O) groups is 1. The molecule has 0 saturated heterocycles. The van der Waals surface area contributed by atoms with Gasteiger partial charge in [0.1, 0.15) is 0 Å². The van der Waals surface area contributed by atoms with E-state index in [0.717, 1.165) is 0 Å². The fourth-order valence-corrected chi connectivity index (χ4v) is 3.50. The van der Waals surface area contributed by atoms with Crippen molar-refractivity contribution in [1.29, 1.82) is 0 Å². The number of carbonyl (C=O) groups excluding carboxylic acids is 1. The van der Waals surface area contributed by atoms with Gasteiger partial charge < -0.3 is 0 Å². The zero-order chi connectivity index (χ0) is 16.2. The average Bonchev–Trinajstić information content (AvgIpc) is 2.48. The Balaban J connectivity index is 2.14. The molecule has 7 nitrogen and oxygen atoms in total. The van der Waals surface area contributed by atoms with Crippen LogP contribution in [0, 0.1) is 0 Å². The van der Waals surface area contributed by atoms with Crippen LogP contribution >= 0.6 is 0 Å². The number of nitrogens with one attached hydrogen (secondary N) is 2. The molecule has 0 atom stereocenters. The third-order valence-corrected chi connectivity index (χ3v) is 5.25. The van der Waals surface area contributed by atoms with Crippen LogP contribution in [0.5, 0.6) is 0 Å². The molecule has 0 bridgehead atoms. The molecule has 22 heavy (non-hydrogen) atoms. The van der Waals surface area contributed by atoms with Crippen LogP contribution in [-0.2, 0) is 20.0 Å². The van der Waals surface area contributed by atoms with Crippen molar-refractivity contribution in [2.75, 3.05) is 0 Å². The Labute approximate surface area is 128 Å². The van der Waals surface area contributed by atoms with Crippen molar-refractivity contribution in [3.8, 4) is 0 Å². The summed E-state index contributed by atoms with van der Waals surface area (Å²) in [6.07, 6.45) is 0. The van der Waals surface area contributed by atoms with E-state index in [1.807, 2.05) is 0 Å². The second-order valence-corrected chi connectivity index (χ2v) is 7.53. The van der Waals surface area contributed by atoms with E-state index in [1.54, 1.807) is 21.6 Å². The first kappa shape index (κ1) is 16.0. The van der Waals surface area contributed by atoms with E-state index < -0.39 is 26.1 Å². The molecule has 2 aromatic rings. The van der Waals surface area contributed by atoms with E-state index in [4.69, 9.17) is 0 Å². The van der Waals surface area contributed by atoms with Gasteiger partial charge in [0.15, 0.2) is 0 Å². The molecule has 0 aliphatic rings. The van der Waals surface area contributed by atoms with Gasteiger partial charge in [-0.1, -0.05) is 36.4 Å². The molecule has 2 aromatic carbocycles. The van der Waals surface area contributed by atoms with E-state index in [0.29, 0.717) is 0 Å². The summed E-state index contributed by atoms with van der Waals surface area (Å²) in [7, 11) is -8.28. The van der Waals surface area contributed by atoms with Gasteiger partial charge in [0, 0.05) is 0 Å². The number of rotatable bonds is 4. The van der Waals surface area contributed by atoms with Crippen molar-refractivity contribution >= 4 is 26.1 Å². The van der Waals surface area contributed by atoms with Gasteiger partial charge in [-0.25, -0.2) is 31.1 Å². The van der Waals surface area contributed by atoms with Crippen LogP contribution in [0.3, 0.4) is 0 Å². The molecule has 0 fully saturated rings. The Kier molecular flexibility index (Phi) is 4.48. The topological polar surface area (TPSA) is 109 Å². The minimum atomic E-state index is -4.14. The summed E-state index contributed by atoms with van der Waals surface area (Å²) < 4.78 is 50.9. The minimum absolute atomic E-state index is 0.151. The molecular weight excluding hydrogens is 328 g/mol. The highest BCUT2D eigenvalue weighted by atomic mass is 32.2. The number of benzene rings is 2. The van der Waals surface area contributed by atoms with E-state index >= 15 is 0 Å². The van der Waals surface area contributed by atoms with Crippen molar-refractivity contribution in [3.63, 3.8) is 0 Å². The largest absolute Gasteiger partial charge is 0.342 e. The van der Waals surface area contributed by atoms with Gasteiger partial charge in [0.05, 0.1) is 9.79 Å². The first-order valence-corrected chi connectivity index (χ1v) is 8.97. The summed E-state index contributed by atoms with van der Waals surface area (Å²) in [5.74, 6) is 0. The third-order valence-electron chi connectivity index (χ3n) is 2.56. The molecule has 0 radical (unpaired) electrons. The third kappa shape index (κ3) is 3.83. The lowest BCUT2D eigenvalue weighted by molar-refractivity contribution is 0.250. The number of hydrogen-bond donors (Lipinski definition) is 2. The maximum absolute atomic E-state index is 11.9. The van der Waals surface area contributed by atoms with Crippen LogP contribution < -0.4 is 9.44 Å². The van der Waals surface area contributed by atoms with Gasteiger partial charge >= 0.3 is 6.03 Å². The summed E-state index contributed by atoms with van der Waals surface area (Å²) in [6.45, 7) is 0. The molecule has 0 aromatic heterocycles. The zero-order valence-corrected chi connectivity index (χ0v) is 12.8. The summed E-state index contributed by atoms with van der Waals surface area (Å²) in [4.78, 5) is 11.3. The maximum Gasteiger partial charge on any atom is 0.342 e. The maximum atomic E-state index is 11.9. The standard InChI is InChI=1S/C13H12N2O5S2/c16-13(14-21(17,18)11-7-3-1-4-8-11)15-22(19,20)12-9-5-2-6-10-12/h1-10H,(H2,14,15,16). The van der Waals surface area contributed by atoms with E-state index in [-0.39, 0.29) is 9.79 Å². The van der Waals surface area contributed by atoms with Crippen LogP contribution in [0.2, 0.25) is 0 Å². The minimum Gasteiger partial charge on any atom is -0.247 e. The predicted octanol–water partition coefficient (Wildman–Crippen LogP) is 1.06. The Morgan fingerprint density at radius 3 is 1.27 bits per heavy atom. The highest BCUT2D eigenvalue weighted by molar-refractivity contribution is 7.91. The Hall–Kier alpha value is -2.39. The number of hydrogen-bond acceptors (Lipinski definition) is 5. The van der Waals surface area contributed by atoms with Crippen molar-refractivity contribution in [1.82, 2.24) is 9.44 Å². The Morgan fingerprint density at radius 2 is 0.955 bits per heavy atom. The van der Waals surface area contributed by atoms with E-state index in [1.165, 1.54) is 48.5 Å². The summed E-state index contributed by atoms with van der Waals surface area (Å²) in [5, 5.41) is 0. The van der Waals surface area contributed by atoms with Gasteiger partial charge in [0.25, 0.3) is 20.0 Å². The summed E-state index contributed by atoms with van der Waals surface area (Å²) in [6, 6.07) is 12.9. The zero-order valence-electron chi connectivity index (χ0n) is 11.1. The van der Waals surface area contributed by atoms with Crippen LogP contribution in [0.15, 0.2) is 70.5 Å². The first-order valence-electron chi connectivity index (χ1n) is 6.01. The number of urea groups is 1. The second kappa shape index (κ2) is 6.16. The highest BCUT2D eigenvalue weighted by Gasteiger charge is 2.22. The number of sulfonamides is 2. The van der Waals surface area contributed by atoms with Crippen molar-refractivity contribution in [2.45, 2.75) is 9.79 Å². The molecular formula is C13H12N2O5S2. The smallest absolute Gasteiger partial charge is 0.247 e. The van der Waals surface area contributed by atoms with Crippen molar-refractivity contribution in [2.24, 2.45) is 0 Å². The molecule has 2 amide bonds. The molecule has 0 aliphatic heterocycles. The van der Waals surface area contributed by atoms with Gasteiger partial charge in [0.2, 0.25) is 0 Å². The Bertz CT molecular complexity index is 790. The van der Waals surface area contributed by atoms with Gasteiger partial charge in [-0.05, 0) is 24.3 Å². The second-order valence-electron chi connectivity index (χ2n) is 4.17. The molecule has 9 heteroatoms. The molecule has 0 heterocycles. The molecule has 0 spiro atoms. The van der Waals surface area contributed by atoms with Crippen LogP contribution in [0.1, 0.15) is 0 Å². The average molecular weight is 340 g/mol. The van der Waals surface area contributed by atoms with Crippen LogP contribution in [-0.4, -0.2) is 22.9 Å². The van der Waals surface area contributed by atoms with Gasteiger partial charge in [-0.3, -0.25) is 0 Å². The fraction of sp³-hybridized carbons (Fsp3) is 0. The lowest BCUT2D eigenvalue weighted by Gasteiger charge is -2.09. The van der Waals surface area contributed by atoms with Gasteiger partial charge in [-0.2, -0.15) is 0 Å². The SMILES string of the molecule is O=C(NS(=O)(=O)c1ccccc1)NS(=O)(=O)c1ccccc1. The fourth-order valence-electron chi connectivity index (χ4n) is 1.58. The Morgan fingerprint density at radius 1 is 0.636 bits per heavy atom. The number of amides is 2. The van der Waals surface area contributed by atoms with Crippen molar-refractivity contribution in [3.05, 3.63) is 60.7 Å². The normalized spacial score (nSPS) is 11.6. The molecule has 0 unspecified atom stereocenters. The van der Waals surface area contributed by atoms with Crippen LogP contribution in [0.25, 0.3) is 0 Å². The van der Waals surface area contributed by atoms with E-state index in [2.05, 4.69) is 0 Å². The highest BCUT2D eigenvalue weighted by Crippen LogP contribution is 2.09. The van der Waals surface area contributed by atoms with Crippen molar-refractivity contribution < 1.29 is 21.6 Å². The van der Waals surface area contributed by atoms with Gasteiger partial charge in [-0.15, -0.1) is 0 Å². The molecule has 2 rings (SSSR count). The molecule has 0 aliphatic carbocycles. The first-order chi connectivity index (χ1) is 10.3. The monoisotopic (exact) mass is 340 g/mol. The quantitative estimate of drug-likeness (QED) is 0.865. The van der Waals surface area contributed by atoms with E-state index in [9.17, 15) is 21.6 Å². The van der Waals surface area contributed by atoms with Crippen LogP contribution in [0.4, 0.5) is 4.79 Å². The lowest BCUT2D eigenvalue weighted by atomic mass is 10.4. The summed E-state index contributed by atoms with van der Waals surface area (Å²) in [5.41, 5.74) is 0. The molecule has 116 valence electrons. The molecule has 0 saturated carbocycles.